The lowest BCUT2D eigenvalue weighted by atomic mass is 10.1. The number of hydrogen-bond acceptors (Lipinski definition) is 2. The number of halogens is 2. The molecule has 0 saturated carbocycles. The monoisotopic (exact) mass is 327 g/mol. The van der Waals surface area contributed by atoms with Crippen LogP contribution in [0.2, 0.25) is 0 Å². The maximum atomic E-state index is 13.8. The number of nitrogens with one attached hydrogen (secondary N) is 1. The van der Waals surface area contributed by atoms with E-state index in [-0.39, 0.29) is 11.9 Å². The van der Waals surface area contributed by atoms with Crippen LogP contribution in [0.15, 0.2) is 34.1 Å². The third kappa shape index (κ3) is 3.19. The third-order valence-electron chi connectivity index (χ3n) is 2.97. The molecule has 0 spiro atoms. The zero-order valence-electron chi connectivity index (χ0n) is 10.3. The Labute approximate surface area is 119 Å². The highest BCUT2D eigenvalue weighted by Crippen LogP contribution is 2.22. The van der Waals surface area contributed by atoms with E-state index in [1.807, 2.05) is 19.1 Å². The maximum Gasteiger partial charge on any atom is 0.129 e. The molecule has 2 rings (SSSR count). The van der Waals surface area contributed by atoms with Crippen molar-refractivity contribution in [2.24, 2.45) is 0 Å². The molecule has 0 aliphatic heterocycles. The molecule has 1 aromatic heterocycles. The molecule has 18 heavy (non-hydrogen) atoms. The van der Waals surface area contributed by atoms with Gasteiger partial charge in [0, 0.05) is 27.5 Å². The summed E-state index contributed by atoms with van der Waals surface area (Å²) in [6, 6.07) is 7.29. The van der Waals surface area contributed by atoms with E-state index in [1.165, 1.54) is 16.5 Å². The van der Waals surface area contributed by atoms with Crippen molar-refractivity contribution in [1.29, 1.82) is 0 Å². The van der Waals surface area contributed by atoms with Crippen molar-refractivity contribution in [2.75, 3.05) is 0 Å². The van der Waals surface area contributed by atoms with E-state index >= 15 is 0 Å². The van der Waals surface area contributed by atoms with Gasteiger partial charge in [-0.05, 0) is 43.0 Å². The summed E-state index contributed by atoms with van der Waals surface area (Å²) >= 11 is 5.00. The Morgan fingerprint density at radius 3 is 2.78 bits per heavy atom. The molecule has 1 N–H and O–H groups in total. The number of thiophene rings is 1. The van der Waals surface area contributed by atoms with Gasteiger partial charge in [0.25, 0.3) is 0 Å². The molecule has 0 saturated heterocycles. The van der Waals surface area contributed by atoms with Gasteiger partial charge < -0.3 is 5.32 Å². The summed E-state index contributed by atoms with van der Waals surface area (Å²) < 4.78 is 14.5. The molecule has 2 aromatic rings. The minimum Gasteiger partial charge on any atom is -0.305 e. The molecule has 96 valence electrons. The molecule has 0 fully saturated rings. The van der Waals surface area contributed by atoms with Gasteiger partial charge in [0.15, 0.2) is 0 Å². The Balaban J connectivity index is 2.03. The van der Waals surface area contributed by atoms with E-state index in [9.17, 15) is 4.39 Å². The lowest BCUT2D eigenvalue weighted by Crippen LogP contribution is -2.18. The number of rotatable bonds is 4. The second-order valence-electron chi connectivity index (χ2n) is 4.30. The minimum atomic E-state index is -0.174. The van der Waals surface area contributed by atoms with Crippen LogP contribution < -0.4 is 5.32 Å². The number of hydrogen-bond donors (Lipinski definition) is 1. The van der Waals surface area contributed by atoms with Gasteiger partial charge in [0.1, 0.15) is 5.82 Å². The Kier molecular flexibility index (Phi) is 4.54. The Bertz CT molecular complexity index is 538. The van der Waals surface area contributed by atoms with Gasteiger partial charge in [-0.3, -0.25) is 0 Å². The summed E-state index contributed by atoms with van der Waals surface area (Å²) in [5.41, 5.74) is 1.99. The standard InChI is InChI=1S/C14H15BrFNS/c1-9-5-6-18-14(9)8-17-10(2)12-4-3-11(15)7-13(12)16/h3-7,10,17H,8H2,1-2H3. The van der Waals surface area contributed by atoms with E-state index < -0.39 is 0 Å². The molecule has 0 aliphatic rings. The first-order chi connectivity index (χ1) is 8.58. The number of aryl methyl sites for hydroxylation is 1. The van der Waals surface area contributed by atoms with Crippen LogP contribution in [0.5, 0.6) is 0 Å². The van der Waals surface area contributed by atoms with E-state index in [2.05, 4.69) is 39.6 Å². The van der Waals surface area contributed by atoms with Crippen molar-refractivity contribution in [1.82, 2.24) is 5.32 Å². The molecule has 0 aliphatic carbocycles. The molecular weight excluding hydrogens is 313 g/mol. The average molecular weight is 328 g/mol. The van der Waals surface area contributed by atoms with Crippen LogP contribution in [0.4, 0.5) is 4.39 Å². The van der Waals surface area contributed by atoms with Crippen molar-refractivity contribution in [3.05, 3.63) is 55.9 Å². The molecule has 0 bridgehead atoms. The summed E-state index contributed by atoms with van der Waals surface area (Å²) in [5, 5.41) is 5.44. The molecular formula is C14H15BrFNS. The zero-order chi connectivity index (χ0) is 13.1. The molecule has 0 amide bonds. The smallest absolute Gasteiger partial charge is 0.129 e. The molecule has 1 unspecified atom stereocenters. The van der Waals surface area contributed by atoms with Crippen LogP contribution in [-0.2, 0) is 6.54 Å². The van der Waals surface area contributed by atoms with Crippen LogP contribution in [0.1, 0.15) is 29.0 Å². The van der Waals surface area contributed by atoms with Crippen molar-refractivity contribution in [3.8, 4) is 0 Å². The predicted molar refractivity (Wildman–Crippen MR) is 78.4 cm³/mol. The Hall–Kier alpha value is -0.710. The normalized spacial score (nSPS) is 12.7. The predicted octanol–water partition coefficient (Wildman–Crippen LogP) is 4.81. The SMILES string of the molecule is Cc1ccsc1CNC(C)c1ccc(Br)cc1F. The van der Waals surface area contributed by atoms with Crippen LogP contribution >= 0.6 is 27.3 Å². The van der Waals surface area contributed by atoms with Gasteiger partial charge >= 0.3 is 0 Å². The van der Waals surface area contributed by atoms with Gasteiger partial charge in [-0.25, -0.2) is 4.39 Å². The fourth-order valence-electron chi connectivity index (χ4n) is 1.79. The topological polar surface area (TPSA) is 12.0 Å². The van der Waals surface area contributed by atoms with Crippen LogP contribution in [-0.4, -0.2) is 0 Å². The van der Waals surface area contributed by atoms with E-state index in [4.69, 9.17) is 0 Å². The Morgan fingerprint density at radius 2 is 2.17 bits per heavy atom. The quantitative estimate of drug-likeness (QED) is 0.849. The summed E-state index contributed by atoms with van der Waals surface area (Å²) in [7, 11) is 0. The van der Waals surface area contributed by atoms with E-state index in [1.54, 1.807) is 11.3 Å². The van der Waals surface area contributed by atoms with Gasteiger partial charge in [-0.1, -0.05) is 22.0 Å². The van der Waals surface area contributed by atoms with E-state index in [0.717, 1.165) is 11.0 Å². The first-order valence-corrected chi connectivity index (χ1v) is 7.46. The first kappa shape index (κ1) is 13.7. The summed E-state index contributed by atoms with van der Waals surface area (Å²) in [6.45, 7) is 4.85. The first-order valence-electron chi connectivity index (χ1n) is 5.79. The lowest BCUT2D eigenvalue weighted by molar-refractivity contribution is 0.529. The summed E-state index contributed by atoms with van der Waals surface area (Å²) in [5.74, 6) is -0.174. The third-order valence-corrected chi connectivity index (χ3v) is 4.48. The van der Waals surface area contributed by atoms with Gasteiger partial charge in [-0.15, -0.1) is 11.3 Å². The molecule has 1 nitrogen and oxygen atoms in total. The van der Waals surface area contributed by atoms with Crippen molar-refractivity contribution < 1.29 is 4.39 Å². The fourth-order valence-corrected chi connectivity index (χ4v) is 2.98. The summed E-state index contributed by atoms with van der Waals surface area (Å²) in [4.78, 5) is 1.30. The van der Waals surface area contributed by atoms with Gasteiger partial charge in [-0.2, -0.15) is 0 Å². The van der Waals surface area contributed by atoms with Gasteiger partial charge in [0.2, 0.25) is 0 Å². The van der Waals surface area contributed by atoms with Crippen LogP contribution in [0, 0.1) is 12.7 Å². The molecule has 1 aromatic carbocycles. The highest BCUT2D eigenvalue weighted by molar-refractivity contribution is 9.10. The highest BCUT2D eigenvalue weighted by Gasteiger charge is 2.11. The molecule has 1 atom stereocenters. The van der Waals surface area contributed by atoms with Crippen molar-refractivity contribution in [2.45, 2.75) is 26.4 Å². The van der Waals surface area contributed by atoms with E-state index in [0.29, 0.717) is 5.56 Å². The van der Waals surface area contributed by atoms with Crippen molar-refractivity contribution in [3.63, 3.8) is 0 Å². The Morgan fingerprint density at radius 1 is 1.39 bits per heavy atom. The largest absolute Gasteiger partial charge is 0.305 e. The lowest BCUT2D eigenvalue weighted by Gasteiger charge is -2.15. The zero-order valence-corrected chi connectivity index (χ0v) is 12.7. The maximum absolute atomic E-state index is 13.8. The molecule has 4 heteroatoms. The summed E-state index contributed by atoms with van der Waals surface area (Å²) in [6.07, 6.45) is 0. The second kappa shape index (κ2) is 5.95. The van der Waals surface area contributed by atoms with Crippen molar-refractivity contribution >= 4 is 27.3 Å². The minimum absolute atomic E-state index is 0.000370. The number of benzene rings is 1. The highest BCUT2D eigenvalue weighted by atomic mass is 79.9. The second-order valence-corrected chi connectivity index (χ2v) is 6.21. The van der Waals surface area contributed by atoms with Gasteiger partial charge in [0.05, 0.1) is 0 Å². The fraction of sp³-hybridized carbons (Fsp3) is 0.286. The molecule has 0 radical (unpaired) electrons. The average Bonchev–Trinajstić information content (AvgIpc) is 2.72. The molecule has 1 heterocycles. The van der Waals surface area contributed by atoms with Crippen LogP contribution in [0.25, 0.3) is 0 Å². The van der Waals surface area contributed by atoms with Crippen LogP contribution in [0.3, 0.4) is 0 Å².